The van der Waals surface area contributed by atoms with Crippen LogP contribution in [0.5, 0.6) is 11.5 Å². The minimum absolute atomic E-state index is 0.0583. The minimum Gasteiger partial charge on any atom is -0.496 e. The number of hydrogen-bond donors (Lipinski definition) is 1. The SMILES string of the molecule is [2H][C@]1(c2c(OC)cccc2OC)OC(N)=C(OS(=O)(=O)Cc2ccccc2)C1=O. The van der Waals surface area contributed by atoms with E-state index >= 15 is 0 Å². The Morgan fingerprint density at radius 3 is 2.25 bits per heavy atom. The molecule has 1 aliphatic rings. The topological polar surface area (TPSA) is 114 Å². The normalized spacial score (nSPS) is 19.8. The van der Waals surface area contributed by atoms with E-state index in [9.17, 15) is 13.2 Å². The maximum atomic E-state index is 13.0. The van der Waals surface area contributed by atoms with Gasteiger partial charge in [0.2, 0.25) is 17.4 Å². The molecule has 2 aromatic carbocycles. The second-order valence-corrected chi connectivity index (χ2v) is 7.33. The van der Waals surface area contributed by atoms with E-state index in [1.165, 1.54) is 26.4 Å². The lowest BCUT2D eigenvalue weighted by molar-refractivity contribution is -0.123. The van der Waals surface area contributed by atoms with Crippen LogP contribution in [-0.2, 0) is 29.6 Å². The van der Waals surface area contributed by atoms with E-state index < -0.39 is 39.4 Å². The summed E-state index contributed by atoms with van der Waals surface area (Å²) in [5, 5.41) is 0. The molecule has 2 aromatic rings. The van der Waals surface area contributed by atoms with Gasteiger partial charge in [-0.05, 0) is 17.7 Å². The van der Waals surface area contributed by atoms with Crippen molar-refractivity contribution in [1.82, 2.24) is 0 Å². The van der Waals surface area contributed by atoms with Crippen molar-refractivity contribution in [2.24, 2.45) is 5.73 Å². The van der Waals surface area contributed by atoms with Crippen LogP contribution in [0.3, 0.4) is 0 Å². The third-order valence-electron chi connectivity index (χ3n) is 3.90. The molecule has 0 radical (unpaired) electrons. The van der Waals surface area contributed by atoms with Gasteiger partial charge in [0.05, 0.1) is 21.2 Å². The summed E-state index contributed by atoms with van der Waals surface area (Å²) in [4.78, 5) is 13.0. The lowest BCUT2D eigenvalue weighted by Crippen LogP contribution is -2.17. The van der Waals surface area contributed by atoms with Crippen LogP contribution in [0.1, 0.15) is 18.6 Å². The first kappa shape index (κ1) is 18.2. The summed E-state index contributed by atoms with van der Waals surface area (Å²) < 4.78 is 54.0. The van der Waals surface area contributed by atoms with Crippen molar-refractivity contribution in [2.45, 2.75) is 11.8 Å². The van der Waals surface area contributed by atoms with Crippen molar-refractivity contribution in [3.63, 3.8) is 0 Å². The van der Waals surface area contributed by atoms with Crippen molar-refractivity contribution < 1.29 is 33.0 Å². The maximum Gasteiger partial charge on any atom is 0.313 e. The van der Waals surface area contributed by atoms with E-state index in [0.717, 1.165) is 0 Å². The Hall–Kier alpha value is -3.20. The first-order valence-corrected chi connectivity index (χ1v) is 9.70. The Morgan fingerprint density at radius 2 is 1.68 bits per heavy atom. The molecule has 0 aromatic heterocycles. The molecule has 3 rings (SSSR count). The van der Waals surface area contributed by atoms with E-state index in [-0.39, 0.29) is 17.1 Å². The second-order valence-electron chi connectivity index (χ2n) is 5.76. The third-order valence-corrected chi connectivity index (χ3v) is 5.01. The Kier molecular flexibility index (Phi) is 5.07. The highest BCUT2D eigenvalue weighted by molar-refractivity contribution is 7.86. The zero-order chi connectivity index (χ0) is 21.2. The van der Waals surface area contributed by atoms with Gasteiger partial charge in [-0.3, -0.25) is 4.79 Å². The molecule has 9 heteroatoms. The van der Waals surface area contributed by atoms with Crippen molar-refractivity contribution >= 4 is 15.9 Å². The largest absolute Gasteiger partial charge is 0.496 e. The zero-order valence-corrected chi connectivity index (χ0v) is 16.0. The van der Waals surface area contributed by atoms with Gasteiger partial charge in [0, 0.05) is 0 Å². The molecule has 8 nitrogen and oxygen atoms in total. The molecule has 2 N–H and O–H groups in total. The molecule has 1 aliphatic heterocycles. The smallest absolute Gasteiger partial charge is 0.313 e. The fourth-order valence-corrected chi connectivity index (χ4v) is 3.74. The molecule has 0 unspecified atom stereocenters. The van der Waals surface area contributed by atoms with E-state index in [0.29, 0.717) is 5.56 Å². The van der Waals surface area contributed by atoms with Gasteiger partial charge >= 0.3 is 10.1 Å². The number of Topliss-reactive ketones (excluding diaryl/α,β-unsaturated/α-hetero) is 1. The van der Waals surface area contributed by atoms with Gasteiger partial charge in [-0.15, -0.1) is 0 Å². The van der Waals surface area contributed by atoms with Gasteiger partial charge in [0.25, 0.3) is 0 Å². The van der Waals surface area contributed by atoms with Gasteiger partial charge < -0.3 is 24.1 Å². The van der Waals surface area contributed by atoms with Gasteiger partial charge in [-0.25, -0.2) is 0 Å². The number of carbonyl (C=O) groups excluding carboxylic acids is 1. The van der Waals surface area contributed by atoms with Crippen molar-refractivity contribution in [3.05, 3.63) is 71.3 Å². The quantitative estimate of drug-likeness (QED) is 0.695. The Labute approximate surface area is 164 Å². The average Bonchev–Trinajstić information content (AvgIpc) is 2.91. The second kappa shape index (κ2) is 7.81. The molecule has 0 bridgehead atoms. The summed E-state index contributed by atoms with van der Waals surface area (Å²) in [6.07, 6.45) is -2.43. The fourth-order valence-electron chi connectivity index (χ4n) is 2.67. The molecule has 1 heterocycles. The molecular weight excluding hydrogens is 386 g/mol. The van der Waals surface area contributed by atoms with Crippen LogP contribution in [0.15, 0.2) is 60.2 Å². The number of carbonyl (C=O) groups is 1. The highest BCUT2D eigenvalue weighted by Crippen LogP contribution is 2.41. The Balaban J connectivity index is 1.93. The van der Waals surface area contributed by atoms with Crippen LogP contribution < -0.4 is 15.2 Å². The molecule has 148 valence electrons. The molecule has 0 saturated carbocycles. The van der Waals surface area contributed by atoms with Crippen LogP contribution in [-0.4, -0.2) is 28.4 Å². The number of benzene rings is 2. The van der Waals surface area contributed by atoms with E-state index in [4.69, 9.17) is 25.5 Å². The minimum atomic E-state index is -4.23. The Bertz CT molecular complexity index is 1050. The predicted octanol–water partition coefficient (Wildman–Crippen LogP) is 2.02. The zero-order valence-electron chi connectivity index (χ0n) is 16.2. The van der Waals surface area contributed by atoms with Gasteiger partial charge in [-0.1, -0.05) is 36.4 Å². The number of hydrogen-bond acceptors (Lipinski definition) is 8. The van der Waals surface area contributed by atoms with Gasteiger partial charge in [0.15, 0.2) is 6.08 Å². The molecular formula is C19H19NO7S. The van der Waals surface area contributed by atoms with E-state index in [1.807, 2.05) is 0 Å². The molecule has 0 amide bonds. The average molecular weight is 406 g/mol. The summed E-state index contributed by atoms with van der Waals surface area (Å²) in [5.41, 5.74) is 6.11. The van der Waals surface area contributed by atoms with E-state index in [2.05, 4.69) is 0 Å². The number of methoxy groups -OCH3 is 2. The third kappa shape index (κ3) is 3.89. The molecule has 0 spiro atoms. The van der Waals surface area contributed by atoms with Crippen molar-refractivity contribution in [3.8, 4) is 11.5 Å². The highest BCUT2D eigenvalue weighted by Gasteiger charge is 2.42. The van der Waals surface area contributed by atoms with Crippen LogP contribution in [0.4, 0.5) is 0 Å². The fraction of sp³-hybridized carbons (Fsp3) is 0.211. The monoisotopic (exact) mass is 406 g/mol. The van der Waals surface area contributed by atoms with Crippen LogP contribution in [0.2, 0.25) is 0 Å². The predicted molar refractivity (Wildman–Crippen MR) is 99.7 cm³/mol. The standard InChI is InChI=1S/C19H19NO7S/c1-24-13-9-6-10-14(25-2)15(13)17-16(21)18(19(20)26-17)27-28(22,23)11-12-7-4-3-5-8-12/h3-10,17H,11,20H2,1-2H3/t17-/m1/s1/i17D. The van der Waals surface area contributed by atoms with Crippen molar-refractivity contribution in [1.29, 1.82) is 0 Å². The summed E-state index contributed by atoms with van der Waals surface area (Å²) in [5.74, 6) is -2.68. The van der Waals surface area contributed by atoms with E-state index in [1.54, 1.807) is 36.4 Å². The molecule has 0 fully saturated rings. The Morgan fingerprint density at radius 1 is 1.07 bits per heavy atom. The lowest BCUT2D eigenvalue weighted by atomic mass is 10.0. The molecule has 0 aliphatic carbocycles. The summed E-state index contributed by atoms with van der Waals surface area (Å²) in [6.45, 7) is 0. The number of nitrogens with two attached hydrogens (primary N) is 1. The first-order chi connectivity index (χ1) is 13.7. The lowest BCUT2D eigenvalue weighted by Gasteiger charge is -2.17. The molecule has 0 saturated heterocycles. The number of rotatable bonds is 7. The maximum absolute atomic E-state index is 13.0. The van der Waals surface area contributed by atoms with Gasteiger partial charge in [-0.2, -0.15) is 8.42 Å². The molecule has 1 atom stereocenters. The number of ether oxygens (including phenoxy) is 3. The summed E-state index contributed by atoms with van der Waals surface area (Å²) in [7, 11) is -1.54. The first-order valence-electron chi connectivity index (χ1n) is 8.63. The van der Waals surface area contributed by atoms with Crippen LogP contribution in [0.25, 0.3) is 0 Å². The number of ketones is 1. The summed E-state index contributed by atoms with van der Waals surface area (Å²) in [6, 6.07) is 12.9. The molecule has 28 heavy (non-hydrogen) atoms. The van der Waals surface area contributed by atoms with Crippen LogP contribution >= 0.6 is 0 Å². The summed E-state index contributed by atoms with van der Waals surface area (Å²) >= 11 is 0. The highest BCUT2D eigenvalue weighted by atomic mass is 32.2. The van der Waals surface area contributed by atoms with Crippen molar-refractivity contribution in [2.75, 3.05) is 14.2 Å². The van der Waals surface area contributed by atoms with Gasteiger partial charge in [0.1, 0.15) is 17.3 Å². The van der Waals surface area contributed by atoms with Crippen LogP contribution in [0, 0.1) is 0 Å².